The lowest BCUT2D eigenvalue weighted by Crippen LogP contribution is -2.48. The van der Waals surface area contributed by atoms with Gasteiger partial charge in [0, 0.05) is 25.0 Å². The van der Waals surface area contributed by atoms with E-state index in [-0.39, 0.29) is 18.0 Å². The molecule has 0 radical (unpaired) electrons. The van der Waals surface area contributed by atoms with E-state index in [1.807, 2.05) is 11.8 Å². The number of piperidine rings is 1. The molecule has 0 spiro atoms. The molecule has 1 saturated heterocycles. The van der Waals surface area contributed by atoms with E-state index in [1.54, 1.807) is 6.07 Å². The quantitative estimate of drug-likeness (QED) is 0.928. The van der Waals surface area contributed by atoms with E-state index >= 15 is 0 Å². The molecule has 0 bridgehead atoms. The first-order valence-corrected chi connectivity index (χ1v) is 7.46. The van der Waals surface area contributed by atoms with Gasteiger partial charge in [-0.15, -0.1) is 0 Å². The molecule has 1 amide bonds. The fourth-order valence-corrected chi connectivity index (χ4v) is 2.86. The highest BCUT2D eigenvalue weighted by atomic mass is 19.2. The van der Waals surface area contributed by atoms with E-state index in [0.717, 1.165) is 24.5 Å². The molecule has 1 aliphatic rings. The van der Waals surface area contributed by atoms with E-state index in [9.17, 15) is 13.6 Å². The highest BCUT2D eigenvalue weighted by Crippen LogP contribution is 2.18. The van der Waals surface area contributed by atoms with E-state index in [4.69, 9.17) is 5.73 Å². The van der Waals surface area contributed by atoms with Crippen molar-refractivity contribution in [3.63, 3.8) is 0 Å². The van der Waals surface area contributed by atoms with Crippen molar-refractivity contribution in [3.05, 3.63) is 35.4 Å². The third-order valence-electron chi connectivity index (χ3n) is 4.08. The molecule has 2 N–H and O–H groups in total. The van der Waals surface area contributed by atoms with Crippen LogP contribution in [-0.2, 0) is 11.2 Å². The highest BCUT2D eigenvalue weighted by molar-refractivity contribution is 5.76. The van der Waals surface area contributed by atoms with E-state index in [2.05, 4.69) is 0 Å². The van der Waals surface area contributed by atoms with Gasteiger partial charge >= 0.3 is 0 Å². The van der Waals surface area contributed by atoms with Crippen LogP contribution in [0.3, 0.4) is 0 Å². The summed E-state index contributed by atoms with van der Waals surface area (Å²) in [6.45, 7) is 2.73. The van der Waals surface area contributed by atoms with Gasteiger partial charge in [0.2, 0.25) is 5.91 Å². The third-order valence-corrected chi connectivity index (χ3v) is 4.08. The Morgan fingerprint density at radius 1 is 1.38 bits per heavy atom. The topological polar surface area (TPSA) is 46.3 Å². The van der Waals surface area contributed by atoms with Gasteiger partial charge in [0.05, 0.1) is 0 Å². The second-order valence-corrected chi connectivity index (χ2v) is 5.82. The van der Waals surface area contributed by atoms with Gasteiger partial charge in [-0.25, -0.2) is 8.78 Å². The number of benzene rings is 1. The van der Waals surface area contributed by atoms with Crippen LogP contribution in [0.5, 0.6) is 0 Å². The number of carbonyl (C=O) groups excluding carboxylic acids is 1. The Bertz CT molecular complexity index is 507. The summed E-state index contributed by atoms with van der Waals surface area (Å²) in [7, 11) is 0. The van der Waals surface area contributed by atoms with Gasteiger partial charge < -0.3 is 10.6 Å². The number of nitrogens with zero attached hydrogens (tertiary/aromatic N) is 1. The molecule has 0 aliphatic carbocycles. The summed E-state index contributed by atoms with van der Waals surface area (Å²) in [5.41, 5.74) is 6.60. The number of rotatable bonds is 4. The number of likely N-dealkylation sites (tertiary alicyclic amines) is 1. The molecule has 1 aromatic carbocycles. The van der Waals surface area contributed by atoms with Gasteiger partial charge in [0.15, 0.2) is 11.6 Å². The molecule has 1 aliphatic heterocycles. The predicted octanol–water partition coefficient (Wildman–Crippen LogP) is 2.63. The van der Waals surface area contributed by atoms with Crippen molar-refractivity contribution < 1.29 is 13.6 Å². The molecule has 0 unspecified atom stereocenters. The first kappa shape index (κ1) is 15.9. The maximum atomic E-state index is 13.1. The van der Waals surface area contributed by atoms with E-state index in [1.165, 1.54) is 6.07 Å². The smallest absolute Gasteiger partial charge is 0.222 e. The van der Waals surface area contributed by atoms with Gasteiger partial charge in [-0.3, -0.25) is 4.79 Å². The normalized spacial score (nSPS) is 22.4. The Balaban J connectivity index is 1.80. The number of hydrogen-bond acceptors (Lipinski definition) is 2. The van der Waals surface area contributed by atoms with Crippen LogP contribution in [0.4, 0.5) is 8.78 Å². The molecule has 1 aromatic rings. The van der Waals surface area contributed by atoms with Crippen LogP contribution in [0.15, 0.2) is 18.2 Å². The summed E-state index contributed by atoms with van der Waals surface area (Å²) in [6, 6.07) is 4.25. The van der Waals surface area contributed by atoms with Crippen molar-refractivity contribution >= 4 is 5.91 Å². The average Bonchev–Trinajstić information content (AvgIpc) is 2.42. The lowest BCUT2D eigenvalue weighted by Gasteiger charge is -2.36. The molecular formula is C16H22F2N2O. The number of amides is 1. The van der Waals surface area contributed by atoms with E-state index < -0.39 is 11.6 Å². The summed E-state index contributed by atoms with van der Waals surface area (Å²) >= 11 is 0. The van der Waals surface area contributed by atoms with Gasteiger partial charge in [0.25, 0.3) is 0 Å². The second-order valence-electron chi connectivity index (χ2n) is 5.82. The van der Waals surface area contributed by atoms with Crippen molar-refractivity contribution in [2.75, 3.05) is 6.54 Å². The first-order chi connectivity index (χ1) is 9.97. The van der Waals surface area contributed by atoms with Crippen LogP contribution < -0.4 is 5.73 Å². The minimum absolute atomic E-state index is 0.122. The van der Waals surface area contributed by atoms with Crippen molar-refractivity contribution in [2.45, 2.75) is 51.1 Å². The van der Waals surface area contributed by atoms with Gasteiger partial charge in [-0.2, -0.15) is 0 Å². The van der Waals surface area contributed by atoms with Crippen LogP contribution in [0.1, 0.15) is 38.2 Å². The molecule has 21 heavy (non-hydrogen) atoms. The largest absolute Gasteiger partial charge is 0.340 e. The number of nitrogens with two attached hydrogens (primary N) is 1. The Morgan fingerprint density at radius 2 is 2.14 bits per heavy atom. The number of carbonyl (C=O) groups is 1. The maximum absolute atomic E-state index is 13.1. The molecule has 2 atom stereocenters. The zero-order chi connectivity index (χ0) is 15.4. The van der Waals surface area contributed by atoms with Crippen molar-refractivity contribution in [2.24, 2.45) is 5.73 Å². The minimum Gasteiger partial charge on any atom is -0.340 e. The molecule has 116 valence electrons. The predicted molar refractivity (Wildman–Crippen MR) is 77.7 cm³/mol. The standard InChI is InChI=1S/C16H22F2N2O/c1-11-9-13(19)7-8-20(11)16(21)4-2-3-12-5-6-14(17)15(18)10-12/h5-6,10-11,13H,2-4,7-9,19H2,1H3/t11-,13+/m0/s1. The SMILES string of the molecule is C[C@H]1C[C@H](N)CCN1C(=O)CCCc1ccc(F)c(F)c1. The molecule has 1 fully saturated rings. The number of halogens is 2. The maximum Gasteiger partial charge on any atom is 0.222 e. The minimum atomic E-state index is -0.840. The highest BCUT2D eigenvalue weighted by Gasteiger charge is 2.26. The van der Waals surface area contributed by atoms with Crippen LogP contribution in [-0.4, -0.2) is 29.4 Å². The Hall–Kier alpha value is -1.49. The summed E-state index contributed by atoms with van der Waals surface area (Å²) in [5.74, 6) is -1.55. The second kappa shape index (κ2) is 6.98. The van der Waals surface area contributed by atoms with Crippen LogP contribution >= 0.6 is 0 Å². The Labute approximate surface area is 124 Å². The molecule has 0 aromatic heterocycles. The van der Waals surface area contributed by atoms with Gasteiger partial charge in [-0.1, -0.05) is 6.07 Å². The molecular weight excluding hydrogens is 274 g/mol. The lowest BCUT2D eigenvalue weighted by molar-refractivity contribution is -0.134. The Kier molecular flexibility index (Phi) is 5.28. The molecule has 5 heteroatoms. The third kappa shape index (κ3) is 4.24. The lowest BCUT2D eigenvalue weighted by atomic mass is 9.98. The fraction of sp³-hybridized carbons (Fsp3) is 0.562. The van der Waals surface area contributed by atoms with Crippen LogP contribution in [0, 0.1) is 11.6 Å². The van der Waals surface area contributed by atoms with Crippen LogP contribution in [0.2, 0.25) is 0 Å². The fourth-order valence-electron chi connectivity index (χ4n) is 2.86. The van der Waals surface area contributed by atoms with Crippen molar-refractivity contribution in [3.8, 4) is 0 Å². The van der Waals surface area contributed by atoms with Crippen molar-refractivity contribution in [1.29, 1.82) is 0 Å². The summed E-state index contributed by atoms with van der Waals surface area (Å²) in [6.07, 6.45) is 3.33. The zero-order valence-corrected chi connectivity index (χ0v) is 12.3. The van der Waals surface area contributed by atoms with Gasteiger partial charge in [-0.05, 0) is 50.3 Å². The van der Waals surface area contributed by atoms with E-state index in [0.29, 0.717) is 25.8 Å². The number of hydrogen-bond donors (Lipinski definition) is 1. The zero-order valence-electron chi connectivity index (χ0n) is 12.3. The summed E-state index contributed by atoms with van der Waals surface area (Å²) in [4.78, 5) is 14.1. The molecule has 1 heterocycles. The summed E-state index contributed by atoms with van der Waals surface area (Å²) in [5, 5.41) is 0. The first-order valence-electron chi connectivity index (χ1n) is 7.46. The monoisotopic (exact) mass is 296 g/mol. The molecule has 2 rings (SSSR count). The van der Waals surface area contributed by atoms with Gasteiger partial charge in [0.1, 0.15) is 0 Å². The average molecular weight is 296 g/mol. The summed E-state index contributed by atoms with van der Waals surface area (Å²) < 4.78 is 25.9. The molecule has 0 saturated carbocycles. The Morgan fingerprint density at radius 3 is 2.81 bits per heavy atom. The molecule has 3 nitrogen and oxygen atoms in total. The number of aryl methyl sites for hydroxylation is 1. The van der Waals surface area contributed by atoms with Crippen molar-refractivity contribution in [1.82, 2.24) is 4.90 Å². The van der Waals surface area contributed by atoms with Crippen LogP contribution in [0.25, 0.3) is 0 Å².